The fourth-order valence-corrected chi connectivity index (χ4v) is 2.30. The second-order valence-corrected chi connectivity index (χ2v) is 5.51. The Kier molecular flexibility index (Phi) is 6.52. The summed E-state index contributed by atoms with van der Waals surface area (Å²) < 4.78 is 43.6. The molecule has 2 rings (SSSR count). The fraction of sp³-hybridized carbons (Fsp3) is 0.316. The van der Waals surface area contributed by atoms with Gasteiger partial charge in [0.2, 0.25) is 0 Å². The number of carbonyl (C=O) groups is 1. The van der Waals surface area contributed by atoms with E-state index < -0.39 is 17.9 Å². The van der Waals surface area contributed by atoms with Crippen LogP contribution in [0.25, 0.3) is 0 Å². The van der Waals surface area contributed by atoms with Crippen LogP contribution in [0.4, 0.5) is 8.78 Å². The molecule has 2 aromatic carbocycles. The van der Waals surface area contributed by atoms with E-state index in [9.17, 15) is 13.6 Å². The molecule has 2 aromatic rings. The molecule has 26 heavy (non-hydrogen) atoms. The van der Waals surface area contributed by atoms with Crippen molar-refractivity contribution >= 4 is 5.97 Å². The van der Waals surface area contributed by atoms with E-state index in [1.165, 1.54) is 32.2 Å². The molecule has 0 bridgehead atoms. The molecule has 0 aliphatic carbocycles. The van der Waals surface area contributed by atoms with E-state index >= 15 is 0 Å². The molecule has 1 atom stereocenters. The summed E-state index contributed by atoms with van der Waals surface area (Å²) in [5.74, 6) is -4.89. The first-order chi connectivity index (χ1) is 12.4. The van der Waals surface area contributed by atoms with Crippen LogP contribution < -0.4 is 15.2 Å². The first-order valence-corrected chi connectivity index (χ1v) is 8.05. The number of hydrogen-bond acceptors (Lipinski definition) is 5. The molecule has 0 radical (unpaired) electrons. The third kappa shape index (κ3) is 4.49. The molecule has 0 aliphatic heterocycles. The number of carbonyl (C=O) groups excluding carboxylic acids is 1. The van der Waals surface area contributed by atoms with E-state index in [-0.39, 0.29) is 24.5 Å². The quantitative estimate of drug-likeness (QED) is 0.726. The summed E-state index contributed by atoms with van der Waals surface area (Å²) in [6.07, 6.45) is 0. The van der Waals surface area contributed by atoms with E-state index in [2.05, 4.69) is 4.74 Å². The van der Waals surface area contributed by atoms with E-state index in [0.29, 0.717) is 5.75 Å². The Morgan fingerprint density at radius 3 is 2.46 bits per heavy atom. The number of nitrogens with two attached hydrogens (primary N) is 1. The van der Waals surface area contributed by atoms with Gasteiger partial charge < -0.3 is 19.9 Å². The number of ether oxygens (including phenoxy) is 3. The summed E-state index contributed by atoms with van der Waals surface area (Å²) in [4.78, 5) is 11.5. The van der Waals surface area contributed by atoms with Crippen molar-refractivity contribution in [3.05, 3.63) is 59.7 Å². The van der Waals surface area contributed by atoms with Gasteiger partial charge in [-0.25, -0.2) is 4.79 Å². The second kappa shape index (κ2) is 8.62. The Hall–Kier alpha value is -2.67. The predicted molar refractivity (Wildman–Crippen MR) is 92.3 cm³/mol. The first-order valence-electron chi connectivity index (χ1n) is 8.05. The molecule has 0 spiro atoms. The molecule has 0 saturated carbocycles. The lowest BCUT2D eigenvalue weighted by Gasteiger charge is -2.22. The summed E-state index contributed by atoms with van der Waals surface area (Å²) in [6, 6.07) is 11.7. The fourth-order valence-electron chi connectivity index (χ4n) is 2.30. The highest BCUT2D eigenvalue weighted by Crippen LogP contribution is 2.36. The number of hydrogen-bond donors (Lipinski definition) is 1. The minimum atomic E-state index is -3.86. The van der Waals surface area contributed by atoms with Gasteiger partial charge in [-0.15, -0.1) is 0 Å². The Balaban J connectivity index is 2.23. The lowest BCUT2D eigenvalue weighted by atomic mass is 10.0. The van der Waals surface area contributed by atoms with Crippen LogP contribution in [-0.4, -0.2) is 25.6 Å². The number of methoxy groups -OCH3 is 1. The van der Waals surface area contributed by atoms with E-state index in [0.717, 1.165) is 5.56 Å². The Bertz CT molecular complexity index is 738. The van der Waals surface area contributed by atoms with Crippen LogP contribution in [0.2, 0.25) is 0 Å². The molecule has 140 valence electrons. The van der Waals surface area contributed by atoms with E-state index in [1.807, 2.05) is 30.3 Å². The third-order valence-electron chi connectivity index (χ3n) is 3.72. The van der Waals surface area contributed by atoms with Gasteiger partial charge in [0.05, 0.1) is 13.7 Å². The van der Waals surface area contributed by atoms with Crippen molar-refractivity contribution in [3.8, 4) is 11.5 Å². The molecule has 0 aliphatic rings. The lowest BCUT2D eigenvalue weighted by molar-refractivity contribution is -0.174. The predicted octanol–water partition coefficient (Wildman–Crippen LogP) is 3.47. The summed E-state index contributed by atoms with van der Waals surface area (Å²) in [5.41, 5.74) is 6.56. The third-order valence-corrected chi connectivity index (χ3v) is 3.72. The van der Waals surface area contributed by atoms with Crippen LogP contribution in [0.5, 0.6) is 11.5 Å². The monoisotopic (exact) mass is 365 g/mol. The zero-order valence-electron chi connectivity index (χ0n) is 14.6. The summed E-state index contributed by atoms with van der Waals surface area (Å²) in [7, 11) is 1.44. The highest BCUT2D eigenvalue weighted by Gasteiger charge is 2.48. The van der Waals surface area contributed by atoms with Crippen molar-refractivity contribution in [2.45, 2.75) is 25.5 Å². The molecule has 0 amide bonds. The summed E-state index contributed by atoms with van der Waals surface area (Å²) >= 11 is 0. The van der Waals surface area contributed by atoms with Crippen molar-refractivity contribution in [2.75, 3.05) is 13.7 Å². The highest BCUT2D eigenvalue weighted by molar-refractivity contribution is 5.79. The summed E-state index contributed by atoms with van der Waals surface area (Å²) in [5, 5.41) is 0. The maximum Gasteiger partial charge on any atom is 0.379 e. The molecule has 0 heterocycles. The highest BCUT2D eigenvalue weighted by atomic mass is 19.3. The van der Waals surface area contributed by atoms with Crippen LogP contribution in [0.15, 0.2) is 48.5 Å². The molecule has 0 unspecified atom stereocenters. The van der Waals surface area contributed by atoms with Crippen molar-refractivity contribution in [2.24, 2.45) is 5.73 Å². The van der Waals surface area contributed by atoms with Gasteiger partial charge in [0.15, 0.2) is 11.5 Å². The first kappa shape index (κ1) is 19.7. The molecule has 5 nitrogen and oxygen atoms in total. The van der Waals surface area contributed by atoms with Gasteiger partial charge in [0.1, 0.15) is 12.6 Å². The lowest BCUT2D eigenvalue weighted by Crippen LogP contribution is -2.41. The zero-order valence-corrected chi connectivity index (χ0v) is 14.6. The molecule has 0 fully saturated rings. The van der Waals surface area contributed by atoms with Gasteiger partial charge >= 0.3 is 11.9 Å². The maximum absolute atomic E-state index is 14.2. The average molecular weight is 365 g/mol. The zero-order chi connectivity index (χ0) is 19.2. The van der Waals surface area contributed by atoms with Crippen LogP contribution >= 0.6 is 0 Å². The van der Waals surface area contributed by atoms with E-state index in [1.54, 1.807) is 0 Å². The minimum Gasteiger partial charge on any atom is -0.493 e. The molecular formula is C19H21F2NO4. The Morgan fingerprint density at radius 1 is 1.15 bits per heavy atom. The number of rotatable bonds is 8. The molecular weight excluding hydrogens is 344 g/mol. The normalized spacial score (nSPS) is 12.3. The van der Waals surface area contributed by atoms with Crippen LogP contribution in [0, 0.1) is 0 Å². The Morgan fingerprint density at radius 2 is 1.85 bits per heavy atom. The number of halogens is 2. The summed E-state index contributed by atoms with van der Waals surface area (Å²) in [6.45, 7) is 1.52. The van der Waals surface area contributed by atoms with Gasteiger partial charge in [-0.05, 0) is 30.2 Å². The van der Waals surface area contributed by atoms with Crippen LogP contribution in [0.3, 0.4) is 0 Å². The number of alkyl halides is 2. The van der Waals surface area contributed by atoms with Gasteiger partial charge in [-0.1, -0.05) is 36.4 Å². The van der Waals surface area contributed by atoms with Gasteiger partial charge in [0.25, 0.3) is 0 Å². The molecule has 2 N–H and O–H groups in total. The smallest absolute Gasteiger partial charge is 0.379 e. The Labute approximate surface area is 150 Å². The minimum absolute atomic E-state index is 0.0342. The maximum atomic E-state index is 14.2. The van der Waals surface area contributed by atoms with Gasteiger partial charge in [-0.3, -0.25) is 0 Å². The van der Waals surface area contributed by atoms with Crippen LogP contribution in [0.1, 0.15) is 24.1 Å². The topological polar surface area (TPSA) is 70.8 Å². The van der Waals surface area contributed by atoms with Gasteiger partial charge in [0, 0.05) is 0 Å². The molecule has 7 heteroatoms. The van der Waals surface area contributed by atoms with Crippen molar-refractivity contribution in [1.82, 2.24) is 0 Å². The number of esters is 1. The molecule has 0 saturated heterocycles. The van der Waals surface area contributed by atoms with Crippen molar-refractivity contribution in [1.29, 1.82) is 0 Å². The van der Waals surface area contributed by atoms with Crippen LogP contribution in [-0.2, 0) is 16.1 Å². The largest absolute Gasteiger partial charge is 0.493 e. The van der Waals surface area contributed by atoms with Crippen molar-refractivity contribution in [3.63, 3.8) is 0 Å². The standard InChI is InChI=1S/C19H21F2NO4/c1-3-25-18(23)19(20,21)17(22)14-9-10-15(24-2)16(11-14)26-12-13-7-5-4-6-8-13/h4-11,17H,3,12,22H2,1-2H3/t17-/m0/s1. The number of benzene rings is 2. The average Bonchev–Trinajstić information content (AvgIpc) is 2.66. The molecule has 0 aromatic heterocycles. The van der Waals surface area contributed by atoms with E-state index in [4.69, 9.17) is 15.2 Å². The van der Waals surface area contributed by atoms with Gasteiger partial charge in [-0.2, -0.15) is 8.78 Å². The SMILES string of the molecule is CCOC(=O)C(F)(F)[C@@H](N)c1ccc(OC)c(OCc2ccccc2)c1. The second-order valence-electron chi connectivity index (χ2n) is 5.51. The van der Waals surface area contributed by atoms with Crippen molar-refractivity contribution < 1.29 is 27.8 Å².